The normalized spacial score (nSPS) is 12.2. The summed E-state index contributed by atoms with van der Waals surface area (Å²) < 4.78 is 4.86. The maximum atomic E-state index is 11.3. The maximum absolute atomic E-state index is 11.3. The summed E-state index contributed by atoms with van der Waals surface area (Å²) in [6.45, 7) is 4.26. The second kappa shape index (κ2) is 8.16. The summed E-state index contributed by atoms with van der Waals surface area (Å²) in [6, 6.07) is 8.00. The number of rotatable bonds is 7. The average molecular weight is 267 g/mol. The van der Waals surface area contributed by atoms with Crippen LogP contribution in [0.2, 0.25) is 0 Å². The molecular formula is C14H21NO2S. The van der Waals surface area contributed by atoms with Crippen molar-refractivity contribution >= 4 is 17.7 Å². The Morgan fingerprint density at radius 3 is 2.67 bits per heavy atom. The number of esters is 1. The summed E-state index contributed by atoms with van der Waals surface area (Å²) in [7, 11) is 0. The smallest absolute Gasteiger partial charge is 0.322 e. The van der Waals surface area contributed by atoms with E-state index in [-0.39, 0.29) is 5.97 Å². The number of hydrogen-bond donors (Lipinski definition) is 1. The van der Waals surface area contributed by atoms with Crippen molar-refractivity contribution in [3.05, 3.63) is 35.4 Å². The standard InChI is InChI=1S/C14H21NO2S/c1-3-17-14(16)13(15)8-9-18-10-12-6-4-11(2)5-7-12/h4-7,13H,3,8-10,15H2,1-2H3. The summed E-state index contributed by atoms with van der Waals surface area (Å²) in [5, 5.41) is 0. The molecule has 0 amide bonds. The fourth-order valence-electron chi connectivity index (χ4n) is 1.45. The molecule has 0 saturated carbocycles. The van der Waals surface area contributed by atoms with Crippen LogP contribution >= 0.6 is 11.8 Å². The van der Waals surface area contributed by atoms with Crippen LogP contribution in [0.25, 0.3) is 0 Å². The molecule has 1 unspecified atom stereocenters. The maximum Gasteiger partial charge on any atom is 0.322 e. The van der Waals surface area contributed by atoms with Crippen LogP contribution in [-0.2, 0) is 15.3 Å². The Morgan fingerprint density at radius 2 is 2.06 bits per heavy atom. The average Bonchev–Trinajstić information content (AvgIpc) is 2.36. The highest BCUT2D eigenvalue weighted by Gasteiger charge is 2.13. The van der Waals surface area contributed by atoms with E-state index >= 15 is 0 Å². The summed E-state index contributed by atoms with van der Waals surface area (Å²) in [4.78, 5) is 11.3. The third-order valence-corrected chi connectivity index (χ3v) is 3.61. The Morgan fingerprint density at radius 1 is 1.39 bits per heavy atom. The molecular weight excluding hydrogens is 246 g/mol. The van der Waals surface area contributed by atoms with Gasteiger partial charge in [-0.3, -0.25) is 4.79 Å². The lowest BCUT2D eigenvalue weighted by molar-refractivity contribution is -0.144. The molecule has 0 aliphatic carbocycles. The second-order valence-corrected chi connectivity index (χ2v) is 5.29. The van der Waals surface area contributed by atoms with Gasteiger partial charge in [0.25, 0.3) is 0 Å². The number of ether oxygens (including phenoxy) is 1. The first kappa shape index (κ1) is 15.1. The fraction of sp³-hybridized carbons (Fsp3) is 0.500. The number of carbonyl (C=O) groups excluding carboxylic acids is 1. The lowest BCUT2D eigenvalue weighted by Gasteiger charge is -2.10. The van der Waals surface area contributed by atoms with Crippen LogP contribution in [0.3, 0.4) is 0 Å². The molecule has 100 valence electrons. The Hall–Kier alpha value is -1.00. The highest BCUT2D eigenvalue weighted by molar-refractivity contribution is 7.98. The zero-order valence-electron chi connectivity index (χ0n) is 11.0. The van der Waals surface area contributed by atoms with Crippen LogP contribution in [0.15, 0.2) is 24.3 Å². The largest absolute Gasteiger partial charge is 0.465 e. The third-order valence-electron chi connectivity index (χ3n) is 2.55. The summed E-state index contributed by atoms with van der Waals surface area (Å²) in [6.07, 6.45) is 0.662. The van der Waals surface area contributed by atoms with E-state index in [0.29, 0.717) is 13.0 Å². The van der Waals surface area contributed by atoms with Crippen molar-refractivity contribution in [1.82, 2.24) is 0 Å². The minimum atomic E-state index is -0.490. The van der Waals surface area contributed by atoms with Crippen molar-refractivity contribution < 1.29 is 9.53 Å². The van der Waals surface area contributed by atoms with Gasteiger partial charge in [-0.25, -0.2) is 0 Å². The second-order valence-electron chi connectivity index (χ2n) is 4.19. The lowest BCUT2D eigenvalue weighted by Crippen LogP contribution is -2.32. The number of carbonyl (C=O) groups is 1. The molecule has 18 heavy (non-hydrogen) atoms. The van der Waals surface area contributed by atoms with Crippen LogP contribution in [-0.4, -0.2) is 24.4 Å². The number of aryl methyl sites for hydroxylation is 1. The van der Waals surface area contributed by atoms with Gasteiger partial charge in [0.15, 0.2) is 0 Å². The highest BCUT2D eigenvalue weighted by Crippen LogP contribution is 2.14. The molecule has 0 aliphatic heterocycles. The van der Waals surface area contributed by atoms with Gasteiger partial charge in [0, 0.05) is 5.75 Å². The quantitative estimate of drug-likeness (QED) is 0.609. The van der Waals surface area contributed by atoms with Gasteiger partial charge >= 0.3 is 5.97 Å². The molecule has 1 atom stereocenters. The van der Waals surface area contributed by atoms with Gasteiger partial charge in [0.2, 0.25) is 0 Å². The molecule has 0 saturated heterocycles. The predicted octanol–water partition coefficient (Wildman–Crippen LogP) is 2.51. The van der Waals surface area contributed by atoms with E-state index in [4.69, 9.17) is 10.5 Å². The summed E-state index contributed by atoms with van der Waals surface area (Å²) >= 11 is 1.79. The molecule has 4 heteroatoms. The molecule has 0 radical (unpaired) electrons. The van der Waals surface area contributed by atoms with Crippen molar-refractivity contribution in [2.24, 2.45) is 5.73 Å². The topological polar surface area (TPSA) is 52.3 Å². The van der Waals surface area contributed by atoms with Gasteiger partial charge in [-0.2, -0.15) is 11.8 Å². The van der Waals surface area contributed by atoms with Gasteiger partial charge in [0.05, 0.1) is 6.61 Å². The Labute approximate surface area is 113 Å². The zero-order valence-corrected chi connectivity index (χ0v) is 11.8. The van der Waals surface area contributed by atoms with E-state index in [2.05, 4.69) is 31.2 Å². The van der Waals surface area contributed by atoms with Crippen molar-refractivity contribution in [1.29, 1.82) is 0 Å². The molecule has 0 fully saturated rings. The number of thioether (sulfide) groups is 1. The first-order valence-electron chi connectivity index (χ1n) is 6.19. The van der Waals surface area contributed by atoms with Crippen molar-refractivity contribution in [3.8, 4) is 0 Å². The minimum absolute atomic E-state index is 0.298. The van der Waals surface area contributed by atoms with Gasteiger partial charge in [0.1, 0.15) is 6.04 Å². The van der Waals surface area contributed by atoms with E-state index in [0.717, 1.165) is 11.5 Å². The molecule has 2 N–H and O–H groups in total. The monoisotopic (exact) mass is 267 g/mol. The number of nitrogens with two attached hydrogens (primary N) is 1. The van der Waals surface area contributed by atoms with E-state index in [1.54, 1.807) is 18.7 Å². The first-order valence-corrected chi connectivity index (χ1v) is 7.34. The fourth-order valence-corrected chi connectivity index (χ4v) is 2.44. The number of benzene rings is 1. The van der Waals surface area contributed by atoms with Crippen LogP contribution < -0.4 is 5.73 Å². The molecule has 0 aromatic heterocycles. The van der Waals surface area contributed by atoms with E-state index in [9.17, 15) is 4.79 Å². The molecule has 1 aromatic carbocycles. The van der Waals surface area contributed by atoms with E-state index < -0.39 is 6.04 Å². The van der Waals surface area contributed by atoms with E-state index in [1.165, 1.54) is 11.1 Å². The molecule has 0 spiro atoms. The predicted molar refractivity (Wildman–Crippen MR) is 76.6 cm³/mol. The van der Waals surface area contributed by atoms with E-state index in [1.807, 2.05) is 0 Å². The van der Waals surface area contributed by atoms with Gasteiger partial charge in [-0.05, 0) is 31.6 Å². The Balaban J connectivity index is 2.18. The van der Waals surface area contributed by atoms with Gasteiger partial charge in [-0.1, -0.05) is 29.8 Å². The highest BCUT2D eigenvalue weighted by atomic mass is 32.2. The molecule has 3 nitrogen and oxygen atoms in total. The molecule has 0 bridgehead atoms. The molecule has 0 aliphatic rings. The van der Waals surface area contributed by atoms with Gasteiger partial charge < -0.3 is 10.5 Å². The third kappa shape index (κ3) is 5.56. The minimum Gasteiger partial charge on any atom is -0.465 e. The lowest BCUT2D eigenvalue weighted by atomic mass is 10.2. The Kier molecular flexibility index (Phi) is 6.83. The number of hydrogen-bond acceptors (Lipinski definition) is 4. The Bertz CT molecular complexity index is 365. The summed E-state index contributed by atoms with van der Waals surface area (Å²) in [5.74, 6) is 1.53. The SMILES string of the molecule is CCOC(=O)C(N)CCSCc1ccc(C)cc1. The van der Waals surface area contributed by atoms with Crippen molar-refractivity contribution in [2.45, 2.75) is 32.1 Å². The van der Waals surface area contributed by atoms with Crippen LogP contribution in [0, 0.1) is 6.92 Å². The van der Waals surface area contributed by atoms with Gasteiger partial charge in [-0.15, -0.1) is 0 Å². The van der Waals surface area contributed by atoms with Crippen LogP contribution in [0.1, 0.15) is 24.5 Å². The van der Waals surface area contributed by atoms with Crippen LogP contribution in [0.4, 0.5) is 0 Å². The first-order chi connectivity index (χ1) is 8.63. The van der Waals surface area contributed by atoms with Crippen LogP contribution in [0.5, 0.6) is 0 Å². The van der Waals surface area contributed by atoms with Crippen molar-refractivity contribution in [3.63, 3.8) is 0 Å². The molecule has 1 aromatic rings. The summed E-state index contributed by atoms with van der Waals surface area (Å²) in [5.41, 5.74) is 8.29. The molecule has 1 rings (SSSR count). The van der Waals surface area contributed by atoms with Crippen molar-refractivity contribution in [2.75, 3.05) is 12.4 Å². The molecule has 0 heterocycles. The zero-order chi connectivity index (χ0) is 13.4.